The first-order valence-electron chi connectivity index (χ1n) is 7.27. The Morgan fingerprint density at radius 2 is 1.83 bits per heavy atom. The quantitative estimate of drug-likeness (QED) is 0.764. The van der Waals surface area contributed by atoms with Gasteiger partial charge in [-0.3, -0.25) is 14.0 Å². The number of anilines is 2. The lowest BCUT2D eigenvalue weighted by molar-refractivity contribution is -0.114. The Kier molecular flexibility index (Phi) is 4.22. The summed E-state index contributed by atoms with van der Waals surface area (Å²) >= 11 is 5.96. The monoisotopic (exact) mass is 342 g/mol. The molecule has 0 aliphatic carbocycles. The summed E-state index contributed by atoms with van der Waals surface area (Å²) in [7, 11) is 0. The second kappa shape index (κ2) is 6.33. The number of pyridine rings is 1. The maximum atomic E-state index is 12.6. The number of carbonyl (C=O) groups is 2. The molecule has 0 spiro atoms. The molecule has 1 aromatic carbocycles. The van der Waals surface area contributed by atoms with Crippen LogP contribution in [0.15, 0.2) is 42.6 Å². The topological polar surface area (TPSA) is 75.5 Å². The third kappa shape index (κ3) is 3.23. The summed E-state index contributed by atoms with van der Waals surface area (Å²) in [4.78, 5) is 28.1. The summed E-state index contributed by atoms with van der Waals surface area (Å²) in [6.07, 6.45) is 1.71. The van der Waals surface area contributed by atoms with E-state index in [0.29, 0.717) is 33.4 Å². The summed E-state index contributed by atoms with van der Waals surface area (Å²) in [6.45, 7) is 3.20. The molecule has 2 amide bonds. The first kappa shape index (κ1) is 16.0. The molecule has 0 aliphatic rings. The zero-order chi connectivity index (χ0) is 17.3. The molecule has 7 heteroatoms. The minimum atomic E-state index is -0.290. The predicted octanol–water partition coefficient (Wildman–Crippen LogP) is 3.51. The highest BCUT2D eigenvalue weighted by Gasteiger charge is 2.17. The minimum absolute atomic E-state index is 0.173. The highest BCUT2D eigenvalue weighted by molar-refractivity contribution is 6.30. The fourth-order valence-electron chi connectivity index (χ4n) is 2.48. The SMILES string of the molecule is CC(=O)Nc1cccc(NC(=O)c2c(C)nc3cc(Cl)ccn23)c1. The van der Waals surface area contributed by atoms with Crippen molar-refractivity contribution in [3.63, 3.8) is 0 Å². The summed E-state index contributed by atoms with van der Waals surface area (Å²) in [5.74, 6) is -0.463. The Morgan fingerprint density at radius 3 is 2.54 bits per heavy atom. The van der Waals surface area contributed by atoms with Crippen LogP contribution < -0.4 is 10.6 Å². The number of nitrogens with one attached hydrogen (secondary N) is 2. The molecule has 122 valence electrons. The number of aromatic nitrogens is 2. The van der Waals surface area contributed by atoms with Gasteiger partial charge in [0.1, 0.15) is 11.3 Å². The molecule has 0 saturated carbocycles. The van der Waals surface area contributed by atoms with E-state index in [1.165, 1.54) is 6.92 Å². The van der Waals surface area contributed by atoms with Crippen molar-refractivity contribution in [2.24, 2.45) is 0 Å². The number of rotatable bonds is 3. The molecule has 24 heavy (non-hydrogen) atoms. The number of nitrogens with zero attached hydrogens (tertiary/aromatic N) is 2. The van der Waals surface area contributed by atoms with Crippen LogP contribution in [0.25, 0.3) is 5.65 Å². The van der Waals surface area contributed by atoms with Crippen molar-refractivity contribution < 1.29 is 9.59 Å². The number of imidazole rings is 1. The van der Waals surface area contributed by atoms with Crippen LogP contribution in [0.3, 0.4) is 0 Å². The summed E-state index contributed by atoms with van der Waals surface area (Å²) in [5.41, 5.74) is 2.84. The van der Waals surface area contributed by atoms with Gasteiger partial charge in [0, 0.05) is 35.6 Å². The summed E-state index contributed by atoms with van der Waals surface area (Å²) < 4.78 is 1.69. The second-order valence-corrected chi connectivity index (χ2v) is 5.77. The maximum absolute atomic E-state index is 12.6. The van der Waals surface area contributed by atoms with Gasteiger partial charge in [0.15, 0.2) is 0 Å². The number of aryl methyl sites for hydroxylation is 1. The van der Waals surface area contributed by atoms with Gasteiger partial charge in [-0.05, 0) is 31.2 Å². The number of fused-ring (bicyclic) bond motifs is 1. The third-order valence-corrected chi connectivity index (χ3v) is 3.65. The number of hydrogen-bond donors (Lipinski definition) is 2. The van der Waals surface area contributed by atoms with Gasteiger partial charge in [-0.1, -0.05) is 17.7 Å². The molecular formula is C17H15ClN4O2. The second-order valence-electron chi connectivity index (χ2n) is 5.34. The predicted molar refractivity (Wildman–Crippen MR) is 93.6 cm³/mol. The van der Waals surface area contributed by atoms with Gasteiger partial charge in [0.05, 0.1) is 5.69 Å². The Hall–Kier alpha value is -2.86. The molecule has 0 bridgehead atoms. The van der Waals surface area contributed by atoms with Crippen LogP contribution in [0.4, 0.5) is 11.4 Å². The van der Waals surface area contributed by atoms with Crippen LogP contribution in [0.1, 0.15) is 23.1 Å². The van der Waals surface area contributed by atoms with E-state index in [9.17, 15) is 9.59 Å². The van der Waals surface area contributed by atoms with E-state index in [1.807, 2.05) is 0 Å². The molecule has 2 aromatic heterocycles. The summed E-state index contributed by atoms with van der Waals surface area (Å²) in [6, 6.07) is 10.3. The van der Waals surface area contributed by atoms with Crippen LogP contribution >= 0.6 is 11.6 Å². The van der Waals surface area contributed by atoms with E-state index >= 15 is 0 Å². The molecule has 3 rings (SSSR count). The average molecular weight is 343 g/mol. The maximum Gasteiger partial charge on any atom is 0.274 e. The lowest BCUT2D eigenvalue weighted by atomic mass is 10.2. The van der Waals surface area contributed by atoms with E-state index in [4.69, 9.17) is 11.6 Å². The van der Waals surface area contributed by atoms with Gasteiger partial charge < -0.3 is 10.6 Å². The lowest BCUT2D eigenvalue weighted by Crippen LogP contribution is -2.16. The average Bonchev–Trinajstić information content (AvgIpc) is 2.81. The summed E-state index contributed by atoms with van der Waals surface area (Å²) in [5, 5.41) is 6.06. The van der Waals surface area contributed by atoms with Gasteiger partial charge >= 0.3 is 0 Å². The molecule has 0 unspecified atom stereocenters. The minimum Gasteiger partial charge on any atom is -0.326 e. The molecule has 0 atom stereocenters. The van der Waals surface area contributed by atoms with E-state index in [0.717, 1.165) is 0 Å². The third-order valence-electron chi connectivity index (χ3n) is 3.42. The molecule has 2 N–H and O–H groups in total. The number of halogens is 1. The van der Waals surface area contributed by atoms with E-state index in [1.54, 1.807) is 53.9 Å². The van der Waals surface area contributed by atoms with E-state index in [2.05, 4.69) is 15.6 Å². The van der Waals surface area contributed by atoms with E-state index < -0.39 is 0 Å². The first-order valence-corrected chi connectivity index (χ1v) is 7.65. The molecule has 0 fully saturated rings. The molecular weight excluding hydrogens is 328 g/mol. The molecule has 0 radical (unpaired) electrons. The van der Waals surface area contributed by atoms with Crippen LogP contribution in [0, 0.1) is 6.92 Å². The van der Waals surface area contributed by atoms with Crippen molar-refractivity contribution in [2.45, 2.75) is 13.8 Å². The fourth-order valence-corrected chi connectivity index (χ4v) is 2.63. The Labute approximate surface area is 143 Å². The molecule has 2 heterocycles. The normalized spacial score (nSPS) is 10.6. The Morgan fingerprint density at radius 1 is 1.12 bits per heavy atom. The van der Waals surface area contributed by atoms with Crippen molar-refractivity contribution in [1.82, 2.24) is 9.38 Å². The van der Waals surface area contributed by atoms with Gasteiger partial charge in [-0.25, -0.2) is 4.98 Å². The van der Waals surface area contributed by atoms with Gasteiger partial charge in [-0.2, -0.15) is 0 Å². The zero-order valence-corrected chi connectivity index (χ0v) is 13.9. The van der Waals surface area contributed by atoms with Crippen molar-refractivity contribution in [3.8, 4) is 0 Å². The van der Waals surface area contributed by atoms with Gasteiger partial charge in [0.2, 0.25) is 5.91 Å². The van der Waals surface area contributed by atoms with Crippen LogP contribution in [-0.4, -0.2) is 21.2 Å². The molecule has 0 aliphatic heterocycles. The van der Waals surface area contributed by atoms with Crippen LogP contribution in [0.5, 0.6) is 0 Å². The van der Waals surface area contributed by atoms with Crippen molar-refractivity contribution in [3.05, 3.63) is 59.0 Å². The standard InChI is InChI=1S/C17H15ClN4O2/c1-10-16(22-7-6-12(18)8-15(22)19-10)17(24)21-14-5-3-4-13(9-14)20-11(2)23/h3-9H,1-2H3,(H,20,23)(H,21,24). The van der Waals surface area contributed by atoms with Gasteiger partial charge in [-0.15, -0.1) is 0 Å². The number of hydrogen-bond acceptors (Lipinski definition) is 3. The van der Waals surface area contributed by atoms with Crippen molar-refractivity contribution >= 4 is 40.4 Å². The lowest BCUT2D eigenvalue weighted by Gasteiger charge is -2.08. The molecule has 3 aromatic rings. The van der Waals surface area contributed by atoms with Crippen molar-refractivity contribution in [1.29, 1.82) is 0 Å². The largest absolute Gasteiger partial charge is 0.326 e. The van der Waals surface area contributed by atoms with Crippen molar-refractivity contribution in [2.75, 3.05) is 10.6 Å². The number of benzene rings is 1. The Balaban J connectivity index is 1.90. The highest BCUT2D eigenvalue weighted by atomic mass is 35.5. The zero-order valence-electron chi connectivity index (χ0n) is 13.1. The Bertz CT molecular complexity index is 949. The highest BCUT2D eigenvalue weighted by Crippen LogP contribution is 2.19. The van der Waals surface area contributed by atoms with Crippen LogP contribution in [-0.2, 0) is 4.79 Å². The molecule has 6 nitrogen and oxygen atoms in total. The number of amides is 2. The van der Waals surface area contributed by atoms with Crippen LogP contribution in [0.2, 0.25) is 5.02 Å². The fraction of sp³-hybridized carbons (Fsp3) is 0.118. The first-order chi connectivity index (χ1) is 11.4. The molecule has 0 saturated heterocycles. The van der Waals surface area contributed by atoms with E-state index in [-0.39, 0.29) is 11.8 Å². The smallest absolute Gasteiger partial charge is 0.274 e. The van der Waals surface area contributed by atoms with Gasteiger partial charge in [0.25, 0.3) is 5.91 Å². The number of carbonyl (C=O) groups excluding carboxylic acids is 2.